The van der Waals surface area contributed by atoms with Gasteiger partial charge in [-0.3, -0.25) is 9.36 Å². The first-order valence-electron chi connectivity index (χ1n) is 2.94. The summed E-state index contributed by atoms with van der Waals surface area (Å²) in [5.41, 5.74) is -1.22. The fourth-order valence-electron chi connectivity index (χ4n) is 0.723. The van der Waals surface area contributed by atoms with Crippen LogP contribution >= 0.6 is 0 Å². The van der Waals surface area contributed by atoms with Crippen LogP contribution in [0.3, 0.4) is 0 Å². The Kier molecular flexibility index (Phi) is 1.68. The minimum Gasteiger partial charge on any atom is -0.268 e. The Labute approximate surface area is 63.7 Å². The Morgan fingerprint density at radius 1 is 1.36 bits per heavy atom. The highest BCUT2D eigenvalue weighted by Crippen LogP contribution is 1.55. The van der Waals surface area contributed by atoms with Crippen molar-refractivity contribution in [2.45, 2.75) is 0 Å². The van der Waals surface area contributed by atoms with Gasteiger partial charge in [0.2, 0.25) is 0 Å². The highest BCUT2D eigenvalue weighted by atomic mass is 16.2. The van der Waals surface area contributed by atoms with Gasteiger partial charge in [-0.05, 0) is 0 Å². The van der Waals surface area contributed by atoms with Gasteiger partial charge in [0.25, 0.3) is 5.56 Å². The van der Waals surface area contributed by atoms with Crippen LogP contribution in [0.4, 0.5) is 0 Å². The van der Waals surface area contributed by atoms with E-state index in [0.29, 0.717) is 0 Å². The molecular weight excluding hydrogens is 145 g/mol. The molecule has 0 unspecified atom stereocenters. The van der Waals surface area contributed by atoms with E-state index in [0.717, 1.165) is 9.25 Å². The molecule has 0 spiro atoms. The number of hydrogen-bond donors (Lipinski definition) is 0. The van der Waals surface area contributed by atoms with Gasteiger partial charge in [-0.15, -0.1) is 0 Å². The molecule has 0 aromatic carbocycles. The zero-order valence-corrected chi connectivity index (χ0v) is 6.24. The van der Waals surface area contributed by atoms with E-state index in [-0.39, 0.29) is 5.59 Å². The molecule has 1 aromatic rings. The van der Waals surface area contributed by atoms with E-state index in [1.54, 1.807) is 0 Å². The number of aryl methyl sites for hydroxylation is 1. The van der Waals surface area contributed by atoms with E-state index in [4.69, 9.17) is 7.85 Å². The van der Waals surface area contributed by atoms with Crippen LogP contribution in [-0.4, -0.2) is 22.2 Å². The second-order valence-electron chi connectivity index (χ2n) is 2.16. The Morgan fingerprint density at radius 2 is 1.91 bits per heavy atom. The first kappa shape index (κ1) is 7.78. The fourth-order valence-corrected chi connectivity index (χ4v) is 0.723. The summed E-state index contributed by atoms with van der Waals surface area (Å²) in [5.74, 6) is 0. The zero-order chi connectivity index (χ0) is 8.59. The van der Waals surface area contributed by atoms with Gasteiger partial charge in [0.15, 0.2) is 7.85 Å². The monoisotopic (exact) mass is 151 g/mol. The van der Waals surface area contributed by atoms with E-state index >= 15 is 0 Å². The Balaban J connectivity index is 3.74. The lowest BCUT2D eigenvalue weighted by molar-refractivity contribution is 0.613. The highest BCUT2D eigenvalue weighted by Gasteiger charge is 2.01. The summed E-state index contributed by atoms with van der Waals surface area (Å²) in [6.45, 7) is 0. The van der Waals surface area contributed by atoms with Crippen LogP contribution in [0.1, 0.15) is 0 Å². The molecule has 2 radical (unpaired) electrons. The van der Waals surface area contributed by atoms with Crippen molar-refractivity contribution in [3.63, 3.8) is 0 Å². The molecule has 0 aliphatic heterocycles. The minimum atomic E-state index is -0.562. The molecule has 11 heavy (non-hydrogen) atoms. The third kappa shape index (κ3) is 1.11. The summed E-state index contributed by atoms with van der Waals surface area (Å²) in [7, 11) is 7.96. The maximum Gasteiger partial charge on any atom is 0.346 e. The van der Waals surface area contributed by atoms with E-state index < -0.39 is 11.2 Å². The van der Waals surface area contributed by atoms with Crippen molar-refractivity contribution in [1.29, 1.82) is 0 Å². The molecule has 0 aliphatic rings. The van der Waals surface area contributed by atoms with Gasteiger partial charge in [-0.25, -0.2) is 9.48 Å². The van der Waals surface area contributed by atoms with Crippen LogP contribution in [-0.2, 0) is 14.1 Å². The summed E-state index contributed by atoms with van der Waals surface area (Å²) < 4.78 is 1.92. The van der Waals surface area contributed by atoms with E-state index in [1.165, 1.54) is 14.1 Å². The number of hydrogen-bond acceptors (Lipinski definition) is 3. The third-order valence-electron chi connectivity index (χ3n) is 1.35. The molecule has 0 aliphatic carbocycles. The maximum atomic E-state index is 10.9. The van der Waals surface area contributed by atoms with Gasteiger partial charge in [0, 0.05) is 14.1 Å². The van der Waals surface area contributed by atoms with Gasteiger partial charge >= 0.3 is 5.69 Å². The van der Waals surface area contributed by atoms with Crippen molar-refractivity contribution < 1.29 is 0 Å². The molecule has 0 bridgehead atoms. The molecule has 0 saturated carbocycles. The number of nitrogens with zero attached hydrogens (tertiary/aromatic N) is 3. The minimum absolute atomic E-state index is 0.172. The smallest absolute Gasteiger partial charge is 0.268 e. The first-order chi connectivity index (χ1) is 5.04. The SMILES string of the molecule is [B]c1nn(C)c(=O)n(C)c1=O. The standard InChI is InChI=1S/C5H6BN3O2/c1-8-4(10)3(6)7-9(2)5(8)11/h1-2H3. The zero-order valence-electron chi connectivity index (χ0n) is 6.24. The van der Waals surface area contributed by atoms with Crippen LogP contribution in [0.15, 0.2) is 9.59 Å². The molecule has 5 nitrogen and oxygen atoms in total. The van der Waals surface area contributed by atoms with Crippen LogP contribution in [0.2, 0.25) is 0 Å². The Morgan fingerprint density at radius 3 is 2.45 bits per heavy atom. The topological polar surface area (TPSA) is 56.9 Å². The number of aromatic nitrogens is 3. The Hall–Kier alpha value is -1.33. The fraction of sp³-hybridized carbons (Fsp3) is 0.400. The van der Waals surface area contributed by atoms with Gasteiger partial charge < -0.3 is 0 Å². The van der Waals surface area contributed by atoms with E-state index in [2.05, 4.69) is 5.10 Å². The van der Waals surface area contributed by atoms with Crippen molar-refractivity contribution in [2.24, 2.45) is 14.1 Å². The van der Waals surface area contributed by atoms with Crippen LogP contribution < -0.4 is 16.8 Å². The molecule has 0 amide bonds. The second kappa shape index (κ2) is 2.37. The molecule has 0 fully saturated rings. The summed E-state index contributed by atoms with van der Waals surface area (Å²) in [6, 6.07) is 0. The summed E-state index contributed by atoms with van der Waals surface area (Å²) in [6.07, 6.45) is 0. The van der Waals surface area contributed by atoms with Crippen LogP contribution in [0.5, 0.6) is 0 Å². The average Bonchev–Trinajstić information content (AvgIpc) is 1.97. The predicted octanol–water partition coefficient (Wildman–Crippen LogP) is -2.73. The molecule has 0 N–H and O–H groups in total. The molecule has 6 heteroatoms. The van der Waals surface area contributed by atoms with Crippen LogP contribution in [0, 0.1) is 0 Å². The van der Waals surface area contributed by atoms with E-state index in [9.17, 15) is 9.59 Å². The lowest BCUT2D eigenvalue weighted by Crippen LogP contribution is -2.48. The highest BCUT2D eigenvalue weighted by molar-refractivity contribution is 6.30. The van der Waals surface area contributed by atoms with Crippen molar-refractivity contribution in [1.82, 2.24) is 14.3 Å². The molecule has 0 atom stereocenters. The largest absolute Gasteiger partial charge is 0.346 e. The predicted molar refractivity (Wildman–Crippen MR) is 40.1 cm³/mol. The van der Waals surface area contributed by atoms with Crippen molar-refractivity contribution in [3.05, 3.63) is 20.8 Å². The lowest BCUT2D eigenvalue weighted by Gasteiger charge is -2.00. The Bertz CT molecular complexity index is 357. The van der Waals surface area contributed by atoms with Gasteiger partial charge in [-0.1, -0.05) is 0 Å². The second-order valence-corrected chi connectivity index (χ2v) is 2.16. The maximum absolute atomic E-state index is 10.9. The average molecular weight is 151 g/mol. The van der Waals surface area contributed by atoms with Crippen LogP contribution in [0.25, 0.3) is 0 Å². The van der Waals surface area contributed by atoms with Crippen molar-refractivity contribution in [3.8, 4) is 0 Å². The van der Waals surface area contributed by atoms with E-state index in [1.807, 2.05) is 0 Å². The summed E-state index contributed by atoms with van der Waals surface area (Å²) in [5, 5.41) is 3.48. The number of rotatable bonds is 0. The lowest BCUT2D eigenvalue weighted by atomic mass is 10.1. The summed E-state index contributed by atoms with van der Waals surface area (Å²) >= 11 is 0. The molecule has 0 saturated heterocycles. The molecule has 56 valence electrons. The van der Waals surface area contributed by atoms with Crippen molar-refractivity contribution in [2.75, 3.05) is 0 Å². The molecular formula is C5H6BN3O2. The van der Waals surface area contributed by atoms with Gasteiger partial charge in [-0.2, -0.15) is 5.10 Å². The van der Waals surface area contributed by atoms with Gasteiger partial charge in [0.1, 0.15) is 0 Å². The molecule has 1 heterocycles. The third-order valence-corrected chi connectivity index (χ3v) is 1.35. The summed E-state index contributed by atoms with van der Waals surface area (Å²) in [4.78, 5) is 21.9. The quantitative estimate of drug-likeness (QED) is 0.378. The normalized spacial score (nSPS) is 10.0. The van der Waals surface area contributed by atoms with Crippen molar-refractivity contribution >= 4 is 13.4 Å². The first-order valence-corrected chi connectivity index (χ1v) is 2.94. The molecule has 1 aromatic heterocycles. The molecule has 1 rings (SSSR count). The van der Waals surface area contributed by atoms with Gasteiger partial charge in [0.05, 0.1) is 5.59 Å².